The number of benzene rings is 2. The number of rotatable bonds is 9. The van der Waals surface area contributed by atoms with Gasteiger partial charge in [0.05, 0.1) is 30.5 Å². The summed E-state index contributed by atoms with van der Waals surface area (Å²) >= 11 is 0. The van der Waals surface area contributed by atoms with Crippen molar-refractivity contribution in [2.45, 2.75) is 64.2 Å². The maximum atomic E-state index is 13.9. The highest BCUT2D eigenvalue weighted by atomic mass is 19.4. The lowest BCUT2D eigenvalue weighted by atomic mass is 9.98. The van der Waals surface area contributed by atoms with Gasteiger partial charge in [0.25, 0.3) is 0 Å². The average Bonchev–Trinajstić information content (AvgIpc) is 3.44. The molecule has 0 atom stereocenters. The molecule has 6 rings (SSSR count). The van der Waals surface area contributed by atoms with E-state index in [1.165, 1.54) is 0 Å². The number of halogens is 3. The van der Waals surface area contributed by atoms with Crippen molar-refractivity contribution in [3.05, 3.63) is 65.0 Å². The van der Waals surface area contributed by atoms with Gasteiger partial charge in [-0.25, -0.2) is 9.97 Å². The molecule has 2 fully saturated rings. The highest BCUT2D eigenvalue weighted by Gasteiger charge is 2.35. The van der Waals surface area contributed by atoms with Crippen LogP contribution in [0.25, 0.3) is 0 Å². The summed E-state index contributed by atoms with van der Waals surface area (Å²) in [5.74, 6) is 0.501. The number of piperazine rings is 1. The summed E-state index contributed by atoms with van der Waals surface area (Å²) in [6, 6.07) is 12.5. The number of methoxy groups -OCH3 is 1. The number of fused-ring (bicyclic) bond motifs is 1. The third-order valence-electron chi connectivity index (χ3n) is 9.55. The Bertz CT molecular complexity index is 1550. The van der Waals surface area contributed by atoms with E-state index >= 15 is 0 Å². The molecule has 4 heterocycles. The Morgan fingerprint density at radius 1 is 1.04 bits per heavy atom. The van der Waals surface area contributed by atoms with Crippen LogP contribution in [-0.2, 0) is 30.2 Å². The first-order valence-corrected chi connectivity index (χ1v) is 16.1. The van der Waals surface area contributed by atoms with Gasteiger partial charge in [0.15, 0.2) is 0 Å². The number of carbonyl (C=O) groups is 1. The van der Waals surface area contributed by atoms with E-state index in [9.17, 15) is 18.0 Å². The lowest BCUT2D eigenvalue weighted by Crippen LogP contribution is -2.54. The molecule has 3 aromatic rings. The number of aromatic nitrogens is 2. The highest BCUT2D eigenvalue weighted by Crippen LogP contribution is 2.36. The minimum atomic E-state index is -4.60. The van der Waals surface area contributed by atoms with Gasteiger partial charge < -0.3 is 20.3 Å². The molecule has 3 aliphatic heterocycles. The Labute approximate surface area is 268 Å². The molecule has 46 heavy (non-hydrogen) atoms. The molecule has 2 N–H and O–H groups in total. The molecule has 0 saturated carbocycles. The van der Waals surface area contributed by atoms with Gasteiger partial charge in [0, 0.05) is 75.0 Å². The first-order chi connectivity index (χ1) is 22.1. The molecule has 0 spiro atoms. The molecule has 2 aromatic carbocycles. The minimum Gasteiger partial charge on any atom is -0.494 e. The molecule has 9 nitrogen and oxygen atoms in total. The van der Waals surface area contributed by atoms with Gasteiger partial charge in [0.2, 0.25) is 11.9 Å². The fourth-order valence-corrected chi connectivity index (χ4v) is 6.92. The monoisotopic (exact) mass is 637 g/mol. The number of carbonyl (C=O) groups excluding carboxylic acids is 1. The van der Waals surface area contributed by atoms with Crippen molar-refractivity contribution in [2.24, 2.45) is 0 Å². The fraction of sp³-hybridized carbons (Fsp3) is 0.500. The summed E-state index contributed by atoms with van der Waals surface area (Å²) in [5.41, 5.74) is 3.00. The van der Waals surface area contributed by atoms with E-state index < -0.39 is 11.7 Å². The number of ether oxygens (including phenoxy) is 1. The average molecular weight is 638 g/mol. The second kappa shape index (κ2) is 13.4. The van der Waals surface area contributed by atoms with Crippen molar-refractivity contribution in [1.29, 1.82) is 0 Å². The number of amides is 1. The van der Waals surface area contributed by atoms with Crippen molar-refractivity contribution < 1.29 is 22.7 Å². The molecule has 0 unspecified atom stereocenters. The van der Waals surface area contributed by atoms with Gasteiger partial charge >= 0.3 is 6.18 Å². The van der Waals surface area contributed by atoms with Gasteiger partial charge in [-0.1, -0.05) is 12.1 Å². The summed E-state index contributed by atoms with van der Waals surface area (Å²) in [7, 11) is 1.57. The molecule has 246 valence electrons. The highest BCUT2D eigenvalue weighted by molar-refractivity contribution is 5.99. The summed E-state index contributed by atoms with van der Waals surface area (Å²) in [6.07, 6.45) is -0.998. The second-order valence-electron chi connectivity index (χ2n) is 12.6. The van der Waals surface area contributed by atoms with E-state index in [-0.39, 0.29) is 30.4 Å². The van der Waals surface area contributed by atoms with Crippen molar-refractivity contribution in [1.82, 2.24) is 19.8 Å². The maximum Gasteiger partial charge on any atom is 0.419 e. The van der Waals surface area contributed by atoms with Crippen LogP contribution < -0.4 is 20.3 Å². The van der Waals surface area contributed by atoms with Crippen molar-refractivity contribution in [3.63, 3.8) is 0 Å². The third kappa shape index (κ3) is 7.07. The molecule has 3 aliphatic rings. The Morgan fingerprint density at radius 2 is 1.80 bits per heavy atom. The van der Waals surface area contributed by atoms with Crippen LogP contribution in [0.15, 0.2) is 42.6 Å². The number of aryl methyl sites for hydroxylation is 2. The van der Waals surface area contributed by atoms with Crippen LogP contribution in [-0.4, -0.2) is 84.1 Å². The molecular weight excluding hydrogens is 595 g/mol. The first-order valence-electron chi connectivity index (χ1n) is 16.1. The van der Waals surface area contributed by atoms with E-state index in [4.69, 9.17) is 4.74 Å². The van der Waals surface area contributed by atoms with Crippen LogP contribution in [0.4, 0.5) is 36.2 Å². The molecular formula is C34H42F3N7O2. The molecule has 1 amide bonds. The zero-order chi connectivity index (χ0) is 32.4. The van der Waals surface area contributed by atoms with Gasteiger partial charge in [-0.15, -0.1) is 0 Å². The Morgan fingerprint density at radius 3 is 2.50 bits per heavy atom. The third-order valence-corrected chi connectivity index (χ3v) is 9.55. The summed E-state index contributed by atoms with van der Waals surface area (Å²) in [4.78, 5) is 27.8. The molecule has 0 radical (unpaired) electrons. The zero-order valence-corrected chi connectivity index (χ0v) is 26.7. The Balaban J connectivity index is 1.12. The molecule has 12 heteroatoms. The van der Waals surface area contributed by atoms with Gasteiger partial charge in [-0.3, -0.25) is 14.6 Å². The largest absolute Gasteiger partial charge is 0.494 e. The van der Waals surface area contributed by atoms with E-state index in [0.717, 1.165) is 75.1 Å². The van der Waals surface area contributed by atoms with E-state index in [2.05, 4.69) is 49.1 Å². The number of hydrogen-bond acceptors (Lipinski definition) is 8. The number of piperidine rings is 1. The molecule has 2 saturated heterocycles. The lowest BCUT2D eigenvalue weighted by molar-refractivity contribution is -0.138. The zero-order valence-electron chi connectivity index (χ0n) is 26.7. The summed E-state index contributed by atoms with van der Waals surface area (Å²) in [5, 5.41) is 5.87. The number of alkyl halides is 3. The number of anilines is 4. The number of hydrogen-bond donors (Lipinski definition) is 2. The summed E-state index contributed by atoms with van der Waals surface area (Å²) in [6.45, 7) is 10.9. The number of nitrogens with one attached hydrogen (secondary N) is 2. The van der Waals surface area contributed by atoms with Crippen LogP contribution in [0.3, 0.4) is 0 Å². The van der Waals surface area contributed by atoms with Crippen LogP contribution in [0.1, 0.15) is 49.1 Å². The predicted molar refractivity (Wildman–Crippen MR) is 173 cm³/mol. The van der Waals surface area contributed by atoms with Crippen molar-refractivity contribution >= 4 is 28.9 Å². The molecule has 1 aromatic heterocycles. The van der Waals surface area contributed by atoms with Crippen LogP contribution in [0.2, 0.25) is 0 Å². The Kier molecular flexibility index (Phi) is 9.37. The van der Waals surface area contributed by atoms with Crippen molar-refractivity contribution in [2.75, 3.05) is 61.9 Å². The molecule has 0 aliphatic carbocycles. The smallest absolute Gasteiger partial charge is 0.419 e. The second-order valence-corrected chi connectivity index (χ2v) is 12.6. The molecule has 0 bridgehead atoms. The normalized spacial score (nSPS) is 18.2. The van der Waals surface area contributed by atoms with E-state index in [1.807, 2.05) is 24.3 Å². The standard InChI is InChI=1S/C34H42F3N7O2/c1-22(2)42-15-17-44(18-16-42)24-11-13-43(14-12-24)25-8-10-30(31(19-25)46-3)41-33-38-21-27(34(35,36)37)29(40-33)9-7-23-5-4-6-28-26(23)20-32(45)39-28/h4-6,8,10,19,21-22,24H,7,9,11-18,20H2,1-3H3,(H,39,45)(H,38,40,41). The van der Waals surface area contributed by atoms with Crippen LogP contribution in [0, 0.1) is 0 Å². The number of nitrogens with zero attached hydrogens (tertiary/aromatic N) is 5. The Hall–Kier alpha value is -3.90. The van der Waals surface area contributed by atoms with Gasteiger partial charge in [0.1, 0.15) is 5.75 Å². The van der Waals surface area contributed by atoms with Crippen LogP contribution >= 0.6 is 0 Å². The quantitative estimate of drug-likeness (QED) is 0.317. The van der Waals surface area contributed by atoms with E-state index in [0.29, 0.717) is 35.6 Å². The van der Waals surface area contributed by atoms with Gasteiger partial charge in [-0.2, -0.15) is 13.2 Å². The van der Waals surface area contributed by atoms with Gasteiger partial charge in [-0.05, 0) is 68.9 Å². The fourth-order valence-electron chi connectivity index (χ4n) is 6.92. The van der Waals surface area contributed by atoms with Crippen LogP contribution in [0.5, 0.6) is 5.75 Å². The van der Waals surface area contributed by atoms with Crippen molar-refractivity contribution in [3.8, 4) is 5.75 Å². The lowest BCUT2D eigenvalue weighted by Gasteiger charge is -2.44. The summed E-state index contributed by atoms with van der Waals surface area (Å²) < 4.78 is 47.5. The minimum absolute atomic E-state index is 0.0378. The maximum absolute atomic E-state index is 13.9. The predicted octanol–water partition coefficient (Wildman–Crippen LogP) is 5.52. The SMILES string of the molecule is COc1cc(N2CCC(N3CCN(C(C)C)CC3)CC2)ccc1Nc1ncc(C(F)(F)F)c(CCc2cccc3c2CC(=O)N3)n1. The first kappa shape index (κ1) is 32.1. The topological polar surface area (TPSA) is 85.9 Å². The van der Waals surface area contributed by atoms with E-state index in [1.54, 1.807) is 19.2 Å².